The highest BCUT2D eigenvalue weighted by Gasteiger charge is 2.28. The Balaban J connectivity index is 2.21. The maximum absolute atomic E-state index is 6.37. The minimum atomic E-state index is 0.269. The normalized spacial score (nSPS) is 21.4. The average molecular weight is 252 g/mol. The molecule has 0 saturated carbocycles. The molecule has 2 nitrogen and oxygen atoms in total. The van der Waals surface area contributed by atoms with Crippen molar-refractivity contribution in [3.63, 3.8) is 0 Å². The van der Waals surface area contributed by atoms with Crippen LogP contribution < -0.4 is 5.73 Å². The number of hydrogen-bond acceptors (Lipinski definition) is 3. The molecule has 1 fully saturated rings. The molecule has 1 saturated heterocycles. The summed E-state index contributed by atoms with van der Waals surface area (Å²) < 4.78 is 0. The first-order valence-corrected chi connectivity index (χ1v) is 7.65. The zero-order valence-electron chi connectivity index (χ0n) is 11.0. The number of likely N-dealkylation sites (tertiary alicyclic amines) is 1. The first-order chi connectivity index (χ1) is 8.24. The molecule has 0 radical (unpaired) electrons. The number of hydrogen-bond donors (Lipinski definition) is 1. The Morgan fingerprint density at radius 3 is 2.59 bits per heavy atom. The third-order valence-corrected chi connectivity index (χ3v) is 4.92. The van der Waals surface area contributed by atoms with Gasteiger partial charge in [0.1, 0.15) is 0 Å². The van der Waals surface area contributed by atoms with Gasteiger partial charge in [0.05, 0.1) is 6.04 Å². The van der Waals surface area contributed by atoms with Gasteiger partial charge in [-0.15, -0.1) is 11.3 Å². The standard InChI is InChI=1S/C14H24N2S/c1-3-12(15)13(14-11(2)7-10-17-14)16-8-5-4-6-9-16/h7,10,12-13H,3-6,8-9,15H2,1-2H3. The van der Waals surface area contributed by atoms with Crippen LogP contribution in [0.5, 0.6) is 0 Å². The van der Waals surface area contributed by atoms with E-state index < -0.39 is 0 Å². The lowest BCUT2D eigenvalue weighted by Gasteiger charge is -2.37. The van der Waals surface area contributed by atoms with E-state index in [-0.39, 0.29) is 6.04 Å². The van der Waals surface area contributed by atoms with E-state index >= 15 is 0 Å². The summed E-state index contributed by atoms with van der Waals surface area (Å²) in [6.45, 7) is 6.85. The Hall–Kier alpha value is -0.380. The molecule has 2 unspecified atom stereocenters. The quantitative estimate of drug-likeness (QED) is 0.890. The third-order valence-electron chi connectivity index (χ3n) is 3.83. The van der Waals surface area contributed by atoms with Crippen LogP contribution in [-0.4, -0.2) is 24.0 Å². The van der Waals surface area contributed by atoms with Crippen LogP contribution in [0.3, 0.4) is 0 Å². The van der Waals surface area contributed by atoms with Crippen LogP contribution in [0.4, 0.5) is 0 Å². The predicted octanol–water partition coefficient (Wildman–Crippen LogP) is 3.32. The summed E-state index contributed by atoms with van der Waals surface area (Å²) in [4.78, 5) is 4.09. The SMILES string of the molecule is CCC(N)C(c1sccc1C)N1CCCCC1. The second kappa shape index (κ2) is 5.98. The van der Waals surface area contributed by atoms with Crippen molar-refractivity contribution in [3.8, 4) is 0 Å². The molecule has 0 spiro atoms. The monoisotopic (exact) mass is 252 g/mol. The molecule has 0 aromatic carbocycles. The van der Waals surface area contributed by atoms with Crippen LogP contribution in [0.15, 0.2) is 11.4 Å². The first-order valence-electron chi connectivity index (χ1n) is 6.77. The van der Waals surface area contributed by atoms with Crippen molar-refractivity contribution in [1.29, 1.82) is 0 Å². The summed E-state index contributed by atoms with van der Waals surface area (Å²) in [6, 6.07) is 2.94. The Labute approximate surface area is 109 Å². The van der Waals surface area contributed by atoms with Crippen LogP contribution in [-0.2, 0) is 0 Å². The van der Waals surface area contributed by atoms with Crippen molar-refractivity contribution in [3.05, 3.63) is 21.9 Å². The van der Waals surface area contributed by atoms with Crippen LogP contribution in [0.25, 0.3) is 0 Å². The molecular formula is C14H24N2S. The van der Waals surface area contributed by atoms with Gasteiger partial charge >= 0.3 is 0 Å². The molecule has 1 aliphatic rings. The van der Waals surface area contributed by atoms with Crippen LogP contribution in [0.2, 0.25) is 0 Å². The van der Waals surface area contributed by atoms with E-state index in [0.29, 0.717) is 6.04 Å². The second-order valence-electron chi connectivity index (χ2n) is 5.08. The molecule has 3 heteroatoms. The van der Waals surface area contributed by atoms with Gasteiger partial charge < -0.3 is 5.73 Å². The van der Waals surface area contributed by atoms with E-state index in [4.69, 9.17) is 5.73 Å². The largest absolute Gasteiger partial charge is 0.326 e. The highest BCUT2D eigenvalue weighted by Crippen LogP contribution is 2.33. The van der Waals surface area contributed by atoms with Crippen LogP contribution in [0.1, 0.15) is 49.1 Å². The van der Waals surface area contributed by atoms with Gasteiger partial charge in [0.25, 0.3) is 0 Å². The molecule has 0 amide bonds. The summed E-state index contributed by atoms with van der Waals surface area (Å²) in [6.07, 6.45) is 5.10. The van der Waals surface area contributed by atoms with Gasteiger partial charge in [-0.1, -0.05) is 13.3 Å². The molecule has 17 heavy (non-hydrogen) atoms. The Kier molecular flexibility index (Phi) is 4.60. The summed E-state index contributed by atoms with van der Waals surface area (Å²) in [5.41, 5.74) is 7.78. The van der Waals surface area contributed by atoms with Crippen molar-refractivity contribution < 1.29 is 0 Å². The van der Waals surface area contributed by atoms with Crippen molar-refractivity contribution in [2.75, 3.05) is 13.1 Å². The van der Waals surface area contributed by atoms with Gasteiger partial charge in [-0.2, -0.15) is 0 Å². The van der Waals surface area contributed by atoms with Gasteiger partial charge in [0, 0.05) is 10.9 Å². The highest BCUT2D eigenvalue weighted by atomic mass is 32.1. The number of piperidine rings is 1. The van der Waals surface area contributed by atoms with E-state index in [1.54, 1.807) is 0 Å². The van der Waals surface area contributed by atoms with Gasteiger partial charge in [0.15, 0.2) is 0 Å². The van der Waals surface area contributed by atoms with Gasteiger partial charge in [0.2, 0.25) is 0 Å². The Morgan fingerprint density at radius 2 is 2.06 bits per heavy atom. The number of nitrogens with zero attached hydrogens (tertiary/aromatic N) is 1. The van der Waals surface area contributed by atoms with Crippen molar-refractivity contribution in [2.24, 2.45) is 5.73 Å². The highest BCUT2D eigenvalue weighted by molar-refractivity contribution is 7.10. The number of rotatable bonds is 4. The molecule has 1 aromatic rings. The lowest BCUT2D eigenvalue weighted by atomic mass is 9.98. The van der Waals surface area contributed by atoms with Crippen LogP contribution >= 0.6 is 11.3 Å². The fourth-order valence-electron chi connectivity index (χ4n) is 2.74. The minimum Gasteiger partial charge on any atom is -0.326 e. The molecular weight excluding hydrogens is 228 g/mol. The molecule has 0 aliphatic carbocycles. The molecule has 1 aromatic heterocycles. The van der Waals surface area contributed by atoms with E-state index in [1.807, 2.05) is 11.3 Å². The van der Waals surface area contributed by atoms with Gasteiger partial charge in [-0.25, -0.2) is 0 Å². The van der Waals surface area contributed by atoms with E-state index in [2.05, 4.69) is 30.2 Å². The number of aryl methyl sites for hydroxylation is 1. The average Bonchev–Trinajstić information content (AvgIpc) is 2.77. The van der Waals surface area contributed by atoms with Crippen molar-refractivity contribution in [2.45, 2.75) is 51.6 Å². The van der Waals surface area contributed by atoms with E-state index in [1.165, 1.54) is 42.8 Å². The maximum Gasteiger partial charge on any atom is 0.0596 e. The maximum atomic E-state index is 6.37. The first kappa shape index (κ1) is 13.1. The summed E-state index contributed by atoms with van der Waals surface area (Å²) in [7, 11) is 0. The number of nitrogens with two attached hydrogens (primary N) is 1. The second-order valence-corrected chi connectivity index (χ2v) is 6.03. The van der Waals surface area contributed by atoms with Crippen LogP contribution in [0, 0.1) is 6.92 Å². The molecule has 2 rings (SSSR count). The predicted molar refractivity (Wildman–Crippen MR) is 75.5 cm³/mol. The van der Waals surface area contributed by atoms with Gasteiger partial charge in [-0.05, 0) is 56.3 Å². The molecule has 0 bridgehead atoms. The Bertz CT molecular complexity index is 342. The Morgan fingerprint density at radius 1 is 1.35 bits per heavy atom. The smallest absolute Gasteiger partial charge is 0.0596 e. The van der Waals surface area contributed by atoms with Gasteiger partial charge in [-0.3, -0.25) is 4.90 Å². The van der Waals surface area contributed by atoms with E-state index in [9.17, 15) is 0 Å². The van der Waals surface area contributed by atoms with Crippen molar-refractivity contribution >= 4 is 11.3 Å². The molecule has 2 heterocycles. The molecule has 1 aliphatic heterocycles. The molecule has 96 valence electrons. The third kappa shape index (κ3) is 2.90. The lowest BCUT2D eigenvalue weighted by molar-refractivity contribution is 0.142. The zero-order valence-corrected chi connectivity index (χ0v) is 11.8. The fourth-order valence-corrected chi connectivity index (χ4v) is 3.87. The topological polar surface area (TPSA) is 29.3 Å². The fraction of sp³-hybridized carbons (Fsp3) is 0.714. The zero-order chi connectivity index (χ0) is 12.3. The summed E-state index contributed by atoms with van der Waals surface area (Å²) in [5.74, 6) is 0. The van der Waals surface area contributed by atoms with Crippen molar-refractivity contribution in [1.82, 2.24) is 4.90 Å². The summed E-state index contributed by atoms with van der Waals surface area (Å²) in [5, 5.41) is 2.20. The molecule has 2 N–H and O–H groups in total. The minimum absolute atomic E-state index is 0.269. The number of thiophene rings is 1. The lowest BCUT2D eigenvalue weighted by Crippen LogP contribution is -2.43. The summed E-state index contributed by atoms with van der Waals surface area (Å²) >= 11 is 1.87. The molecule has 2 atom stereocenters. The van der Waals surface area contributed by atoms with E-state index in [0.717, 1.165) is 6.42 Å².